The Kier molecular flexibility index (Phi) is 22.4. The molecule has 0 unspecified atom stereocenters. The quantitative estimate of drug-likeness (QED) is 0.0443. The Morgan fingerprint density at radius 2 is 0.818 bits per heavy atom. The molecule has 314 valence electrons. The Labute approximate surface area is 322 Å². The molecule has 0 aromatic rings. The third-order valence-corrected chi connectivity index (χ3v) is 8.32. The highest BCUT2D eigenvalue weighted by molar-refractivity contribution is 5.97. The van der Waals surface area contributed by atoms with E-state index in [9.17, 15) is 48.3 Å². The summed E-state index contributed by atoms with van der Waals surface area (Å²) in [6.45, 7) is 15.6. The number of hydrogen-bond acceptors (Lipinski definition) is 11. The summed E-state index contributed by atoms with van der Waals surface area (Å²) in [4.78, 5) is 114. The maximum atomic E-state index is 13.3. The number of hydrogen-bond donors (Lipinski definition) is 11. The number of nitrogens with two attached hydrogens (primary N) is 2. The smallest absolute Gasteiger partial charge is 0.326 e. The van der Waals surface area contributed by atoms with Crippen LogP contribution in [0.2, 0.25) is 0 Å². The van der Waals surface area contributed by atoms with E-state index in [0.29, 0.717) is 19.4 Å². The molecule has 9 atom stereocenters. The van der Waals surface area contributed by atoms with E-state index in [2.05, 4.69) is 42.5 Å². The molecule has 0 aliphatic rings. The third-order valence-electron chi connectivity index (χ3n) is 8.32. The fourth-order valence-electron chi connectivity index (χ4n) is 4.83. The summed E-state index contributed by atoms with van der Waals surface area (Å²) in [5.74, 6) is -7.15. The lowest BCUT2D eigenvalue weighted by atomic mass is 10.0. The predicted octanol–water partition coefficient (Wildman–Crippen LogP) is -2.77. The van der Waals surface area contributed by atoms with E-state index in [1.54, 1.807) is 13.8 Å². The molecule has 0 heterocycles. The van der Waals surface area contributed by atoms with Crippen molar-refractivity contribution in [1.29, 1.82) is 0 Å². The average Bonchev–Trinajstić information content (AvgIpc) is 3.08. The number of carboxylic acids is 1. The third kappa shape index (κ3) is 18.8. The zero-order valence-electron chi connectivity index (χ0n) is 33.7. The second-order valence-corrected chi connectivity index (χ2v) is 14.5. The average molecular weight is 785 g/mol. The van der Waals surface area contributed by atoms with Crippen molar-refractivity contribution in [3.05, 3.63) is 0 Å². The zero-order valence-corrected chi connectivity index (χ0v) is 33.7. The zero-order chi connectivity index (χ0) is 42.7. The Morgan fingerprint density at radius 3 is 1.16 bits per heavy atom. The van der Waals surface area contributed by atoms with Gasteiger partial charge in [-0.25, -0.2) is 4.79 Å². The Hall–Kier alpha value is -4.85. The van der Waals surface area contributed by atoms with Crippen molar-refractivity contribution < 1.29 is 48.3 Å². The number of aliphatic carboxylic acids is 1. The number of carbonyl (C=O) groups is 9. The second-order valence-electron chi connectivity index (χ2n) is 14.5. The summed E-state index contributed by atoms with van der Waals surface area (Å²) >= 11 is 0. The molecule has 20 heteroatoms. The molecule has 0 saturated heterocycles. The molecule has 0 aromatic carbocycles. The van der Waals surface area contributed by atoms with E-state index in [4.69, 9.17) is 11.5 Å². The van der Waals surface area contributed by atoms with E-state index < -0.39 is 114 Å². The molecule has 13 N–H and O–H groups in total. The summed E-state index contributed by atoms with van der Waals surface area (Å²) in [6, 6.07) is -9.84. The predicted molar refractivity (Wildman–Crippen MR) is 202 cm³/mol. The molecule has 0 aliphatic carbocycles. The molecule has 0 aromatic heterocycles. The van der Waals surface area contributed by atoms with E-state index in [1.165, 1.54) is 41.5 Å². The van der Waals surface area contributed by atoms with Crippen molar-refractivity contribution in [2.24, 2.45) is 23.3 Å². The van der Waals surface area contributed by atoms with Gasteiger partial charge in [0.25, 0.3) is 0 Å². The summed E-state index contributed by atoms with van der Waals surface area (Å²) in [5, 5.41) is 29.1. The molecular formula is C35H64N10O10. The second kappa shape index (κ2) is 24.5. The first-order valence-electron chi connectivity index (χ1n) is 18.5. The maximum absolute atomic E-state index is 13.3. The van der Waals surface area contributed by atoms with Gasteiger partial charge in [0, 0.05) is 0 Å². The number of unbranched alkanes of at least 4 members (excludes halogenated alkanes) is 1. The topological polar surface area (TPSA) is 322 Å². The van der Waals surface area contributed by atoms with Crippen LogP contribution in [0, 0.1) is 11.8 Å². The Morgan fingerprint density at radius 1 is 0.473 bits per heavy atom. The lowest BCUT2D eigenvalue weighted by Crippen LogP contribution is -2.59. The summed E-state index contributed by atoms with van der Waals surface area (Å²) in [6.07, 6.45) is 1.42. The molecule has 20 nitrogen and oxygen atoms in total. The molecule has 0 aliphatic heterocycles. The van der Waals surface area contributed by atoms with Gasteiger partial charge in [0.2, 0.25) is 47.3 Å². The van der Waals surface area contributed by atoms with Crippen LogP contribution in [0.5, 0.6) is 0 Å². The largest absolute Gasteiger partial charge is 0.480 e. The van der Waals surface area contributed by atoms with Gasteiger partial charge in [0.15, 0.2) is 0 Å². The van der Waals surface area contributed by atoms with Crippen molar-refractivity contribution in [3.8, 4) is 0 Å². The first-order valence-corrected chi connectivity index (χ1v) is 18.5. The van der Waals surface area contributed by atoms with Crippen LogP contribution in [-0.4, -0.2) is 119 Å². The van der Waals surface area contributed by atoms with Crippen molar-refractivity contribution in [1.82, 2.24) is 42.5 Å². The number of rotatable bonds is 24. The lowest BCUT2D eigenvalue weighted by molar-refractivity contribution is -0.143. The van der Waals surface area contributed by atoms with Gasteiger partial charge in [-0.15, -0.1) is 0 Å². The van der Waals surface area contributed by atoms with Crippen LogP contribution in [0.15, 0.2) is 0 Å². The highest BCUT2D eigenvalue weighted by Gasteiger charge is 2.31. The highest BCUT2D eigenvalue weighted by Crippen LogP contribution is 2.07. The van der Waals surface area contributed by atoms with Crippen LogP contribution in [0.4, 0.5) is 0 Å². The molecule has 0 radical (unpaired) electrons. The SMILES string of the molecule is CC(C)C[C@H](NC(=O)[C@H](C)N)C(=O)N[C@@H](C)C(=O)N[C@@H](CCCCN)C(=O)N[C@@H](C)C(=O)N[C@@H](C)C(=O)N[C@@H](C)C(=O)N[C@@H](C)C(=O)N[C@H](C(=O)O)C(C)C. The molecule has 8 amide bonds. The fraction of sp³-hybridized carbons (Fsp3) is 0.743. The van der Waals surface area contributed by atoms with Crippen LogP contribution in [0.25, 0.3) is 0 Å². The molecule has 55 heavy (non-hydrogen) atoms. The Bertz CT molecular complexity index is 1360. The number of nitrogens with one attached hydrogen (secondary N) is 8. The lowest BCUT2D eigenvalue weighted by Gasteiger charge is -2.25. The first-order chi connectivity index (χ1) is 25.4. The van der Waals surface area contributed by atoms with Crippen molar-refractivity contribution in [2.45, 2.75) is 149 Å². The molecule has 0 spiro atoms. The van der Waals surface area contributed by atoms with Gasteiger partial charge in [0.05, 0.1) is 6.04 Å². The minimum Gasteiger partial charge on any atom is -0.480 e. The normalized spacial score (nSPS) is 16.0. The van der Waals surface area contributed by atoms with Crippen LogP contribution in [0.1, 0.15) is 94.9 Å². The van der Waals surface area contributed by atoms with E-state index in [0.717, 1.165) is 0 Å². The van der Waals surface area contributed by atoms with Crippen molar-refractivity contribution >= 4 is 53.2 Å². The molecule has 0 saturated carbocycles. The van der Waals surface area contributed by atoms with E-state index in [1.807, 2.05) is 13.8 Å². The van der Waals surface area contributed by atoms with Gasteiger partial charge in [-0.1, -0.05) is 27.7 Å². The minimum absolute atomic E-state index is 0.0257. The van der Waals surface area contributed by atoms with E-state index in [-0.39, 0.29) is 18.8 Å². The monoisotopic (exact) mass is 784 g/mol. The molecule has 0 bridgehead atoms. The standard InChI is InChI=1S/C35H64N10O10/c1-16(2)15-25(44-27(46)18(5)37)34(53)42-22(9)31(50)43-24(13-11-12-14-36)33(52)41-21(8)30(49)39-19(6)28(47)38-20(7)29(48)40-23(10)32(51)45-26(17(3)4)35(54)55/h16-26H,11-15,36-37H2,1-10H3,(H,38,47)(H,39,49)(H,40,48)(H,41,52)(H,42,53)(H,43,50)(H,44,46)(H,45,51)(H,54,55)/t18-,19-,20-,21-,22-,23-,24-,25-,26-/m0/s1. The van der Waals surface area contributed by atoms with Gasteiger partial charge >= 0.3 is 5.97 Å². The summed E-state index contributed by atoms with van der Waals surface area (Å²) in [7, 11) is 0. The van der Waals surface area contributed by atoms with Crippen LogP contribution < -0.4 is 54.0 Å². The fourth-order valence-corrected chi connectivity index (χ4v) is 4.83. The number of amides is 8. The first kappa shape index (κ1) is 50.1. The summed E-state index contributed by atoms with van der Waals surface area (Å²) in [5.41, 5.74) is 11.2. The maximum Gasteiger partial charge on any atom is 0.326 e. The molecule has 0 rings (SSSR count). The van der Waals surface area contributed by atoms with Crippen molar-refractivity contribution in [2.75, 3.05) is 6.54 Å². The number of carbonyl (C=O) groups excluding carboxylic acids is 8. The van der Waals surface area contributed by atoms with Crippen molar-refractivity contribution in [3.63, 3.8) is 0 Å². The van der Waals surface area contributed by atoms with Crippen LogP contribution >= 0.6 is 0 Å². The molecular weight excluding hydrogens is 720 g/mol. The Balaban J connectivity index is 5.37. The van der Waals surface area contributed by atoms with Crippen LogP contribution in [-0.2, 0) is 43.2 Å². The minimum atomic E-state index is -1.23. The number of carboxylic acid groups (broad SMARTS) is 1. The van der Waals surface area contributed by atoms with Gasteiger partial charge < -0.3 is 59.1 Å². The van der Waals surface area contributed by atoms with Gasteiger partial charge in [-0.05, 0) is 85.6 Å². The van der Waals surface area contributed by atoms with Gasteiger partial charge in [-0.2, -0.15) is 0 Å². The highest BCUT2D eigenvalue weighted by atomic mass is 16.4. The van der Waals surface area contributed by atoms with Crippen LogP contribution in [0.3, 0.4) is 0 Å². The molecule has 0 fully saturated rings. The van der Waals surface area contributed by atoms with Gasteiger partial charge in [-0.3, -0.25) is 38.4 Å². The van der Waals surface area contributed by atoms with Gasteiger partial charge in [0.1, 0.15) is 48.3 Å². The van der Waals surface area contributed by atoms with E-state index >= 15 is 0 Å². The summed E-state index contributed by atoms with van der Waals surface area (Å²) < 4.78 is 0.